The molecule has 0 N–H and O–H groups in total. The van der Waals surface area contributed by atoms with E-state index in [1.807, 2.05) is 83.6 Å². The van der Waals surface area contributed by atoms with Crippen LogP contribution in [0, 0.1) is 0 Å². The third-order valence-electron chi connectivity index (χ3n) is 7.53. The summed E-state index contributed by atoms with van der Waals surface area (Å²) < 4.78 is 16.5. The lowest BCUT2D eigenvalue weighted by atomic mass is 9.82. The van der Waals surface area contributed by atoms with Gasteiger partial charge in [0, 0.05) is 60.6 Å². The summed E-state index contributed by atoms with van der Waals surface area (Å²) in [4.78, 5) is 8.39. The Labute approximate surface area is 244 Å². The van der Waals surface area contributed by atoms with Gasteiger partial charge in [-0.25, -0.2) is 0 Å². The van der Waals surface area contributed by atoms with Crippen molar-refractivity contribution in [1.82, 2.24) is 19.6 Å². The molecular weight excluding hydrogens is 567 g/mol. The van der Waals surface area contributed by atoms with Gasteiger partial charge in [-0.1, -0.05) is 34.1 Å². The largest absolute Gasteiger partial charge is 0.498 e. The maximum Gasteiger partial charge on any atom is 0.498 e. The number of rotatable bonds is 2. The van der Waals surface area contributed by atoms with Gasteiger partial charge in [-0.2, -0.15) is 10.2 Å². The van der Waals surface area contributed by atoms with Gasteiger partial charge in [-0.15, -0.1) is 0 Å². The fourth-order valence-corrected chi connectivity index (χ4v) is 4.84. The molecule has 3 aliphatic heterocycles. The van der Waals surface area contributed by atoms with Gasteiger partial charge in [-0.3, -0.25) is 19.3 Å². The van der Waals surface area contributed by atoms with Crippen LogP contribution in [0.4, 0.5) is 0 Å². The predicted molar refractivity (Wildman–Crippen MR) is 164 cm³/mol. The molecule has 40 heavy (non-hydrogen) atoms. The second kappa shape index (κ2) is 11.3. The Balaban J connectivity index is 0.000000124. The fraction of sp³-hybridized carbons (Fsp3) is 0.333. The van der Waals surface area contributed by atoms with Crippen molar-refractivity contribution in [3.05, 3.63) is 87.9 Å². The van der Waals surface area contributed by atoms with Crippen LogP contribution >= 0.6 is 15.9 Å². The number of hydrogen-bond acceptors (Lipinski definition) is 6. The third-order valence-corrected chi connectivity index (χ3v) is 8.02. The van der Waals surface area contributed by atoms with E-state index in [1.54, 1.807) is 10.9 Å². The zero-order valence-electron chi connectivity index (χ0n) is 23.8. The van der Waals surface area contributed by atoms with Crippen LogP contribution in [0.1, 0.15) is 49.9 Å². The molecule has 0 atom stereocenters. The molecule has 1 saturated heterocycles. The molecule has 7 rings (SSSR count). The molecule has 0 spiro atoms. The number of hydrogen-bond donors (Lipinski definition) is 0. The summed E-state index contributed by atoms with van der Waals surface area (Å²) in [6.07, 6.45) is 11.5. The zero-order chi connectivity index (χ0) is 28.5. The van der Waals surface area contributed by atoms with Crippen LogP contribution in [-0.2, 0) is 36.5 Å². The van der Waals surface area contributed by atoms with Crippen LogP contribution in [-0.4, -0.2) is 50.3 Å². The molecule has 0 bridgehead atoms. The minimum absolute atomic E-state index is 0.284. The van der Waals surface area contributed by atoms with Gasteiger partial charge in [0.25, 0.3) is 0 Å². The van der Waals surface area contributed by atoms with Gasteiger partial charge in [-0.05, 0) is 73.7 Å². The number of halogens is 1. The number of aryl methyl sites for hydroxylation is 2. The second-order valence-corrected chi connectivity index (χ2v) is 12.1. The predicted octanol–water partition coefficient (Wildman–Crippen LogP) is 5.12. The quantitative estimate of drug-likeness (QED) is 0.299. The Kier molecular flexibility index (Phi) is 7.95. The fourth-order valence-electron chi connectivity index (χ4n) is 4.46. The molecule has 0 amide bonds. The number of aromatic nitrogens is 4. The molecule has 0 aliphatic carbocycles. The minimum atomic E-state index is -0.302. The van der Waals surface area contributed by atoms with Gasteiger partial charge in [0.15, 0.2) is 0 Å². The zero-order valence-corrected chi connectivity index (χ0v) is 25.4. The first-order valence-electron chi connectivity index (χ1n) is 13.2. The van der Waals surface area contributed by atoms with Crippen molar-refractivity contribution >= 4 is 40.9 Å². The van der Waals surface area contributed by atoms with Crippen molar-refractivity contribution in [1.29, 1.82) is 0 Å². The van der Waals surface area contributed by atoms with E-state index >= 15 is 0 Å². The van der Waals surface area contributed by atoms with Crippen LogP contribution in [0.5, 0.6) is 0 Å². The normalized spacial score (nSPS) is 17.1. The molecule has 1 fully saturated rings. The van der Waals surface area contributed by atoms with Crippen LogP contribution in [0.2, 0.25) is 0 Å². The second-order valence-electron chi connectivity index (χ2n) is 11.1. The maximum atomic E-state index is 5.89. The van der Waals surface area contributed by atoms with Crippen LogP contribution in [0.3, 0.4) is 0 Å². The Morgan fingerprint density at radius 1 is 0.750 bits per heavy atom. The maximum absolute atomic E-state index is 5.89. The van der Waals surface area contributed by atoms with E-state index in [9.17, 15) is 0 Å². The molecule has 0 radical (unpaired) electrons. The van der Waals surface area contributed by atoms with Crippen molar-refractivity contribution < 1.29 is 9.31 Å². The lowest BCUT2D eigenvalue weighted by Gasteiger charge is -2.32. The molecule has 2 aromatic heterocycles. The lowest BCUT2D eigenvalue weighted by molar-refractivity contribution is 0.00578. The first-order chi connectivity index (χ1) is 19.0. The van der Waals surface area contributed by atoms with E-state index in [0.717, 1.165) is 28.6 Å². The molecule has 10 heteroatoms. The highest BCUT2D eigenvalue weighted by Gasteiger charge is 2.52. The van der Waals surface area contributed by atoms with Crippen LogP contribution < -0.4 is 5.46 Å². The molecule has 0 unspecified atom stereocenters. The van der Waals surface area contributed by atoms with Gasteiger partial charge in [0.1, 0.15) is 0 Å². The summed E-state index contributed by atoms with van der Waals surface area (Å²) in [5.74, 6) is 0. The van der Waals surface area contributed by atoms with Crippen molar-refractivity contribution in [2.75, 3.05) is 0 Å². The van der Waals surface area contributed by atoms with Crippen LogP contribution in [0.25, 0.3) is 11.1 Å². The van der Waals surface area contributed by atoms with Crippen molar-refractivity contribution in [2.24, 2.45) is 24.1 Å². The summed E-state index contributed by atoms with van der Waals surface area (Å²) in [6, 6.07) is 12.7. The summed E-state index contributed by atoms with van der Waals surface area (Å²) in [5.41, 5.74) is 7.87. The van der Waals surface area contributed by atoms with E-state index in [1.165, 1.54) is 27.8 Å². The van der Waals surface area contributed by atoms with Crippen molar-refractivity contribution in [2.45, 2.75) is 52.0 Å². The number of nitrogens with zero attached hydrogens (tertiary/aromatic N) is 6. The summed E-state index contributed by atoms with van der Waals surface area (Å²) in [5, 5.41) is 8.28. The Hall–Kier alpha value is -3.34. The highest BCUT2D eigenvalue weighted by Crippen LogP contribution is 2.36. The molecule has 3 aliphatic rings. The Morgan fingerprint density at radius 2 is 1.32 bits per heavy atom. The average Bonchev–Trinajstić information content (AvgIpc) is 3.72. The lowest BCUT2D eigenvalue weighted by Crippen LogP contribution is -2.41. The number of aliphatic imine (C=N–C) groups is 2. The van der Waals surface area contributed by atoms with Crippen LogP contribution in [0.15, 0.2) is 75.6 Å². The van der Waals surface area contributed by atoms with Gasteiger partial charge in [0.2, 0.25) is 0 Å². The van der Waals surface area contributed by atoms with Crippen molar-refractivity contribution in [3.63, 3.8) is 0 Å². The molecule has 2 aromatic carbocycles. The van der Waals surface area contributed by atoms with Gasteiger partial charge in [0.05, 0.1) is 30.5 Å². The highest BCUT2D eigenvalue weighted by atomic mass is 79.9. The number of fused-ring (bicyclic) bond motifs is 2. The molecule has 4 aromatic rings. The SMILES string of the molecule is Brc1ccc2c(c1)C=NC2.Cn1cc(-c2ccc3c(c2)C=NC3)cn1.Cn1cc(B2OC(C)(C)C(C)(C)O2)cn1. The average molecular weight is 601 g/mol. The highest BCUT2D eigenvalue weighted by molar-refractivity contribution is 9.10. The van der Waals surface area contributed by atoms with E-state index in [4.69, 9.17) is 9.31 Å². The Morgan fingerprint density at radius 3 is 1.90 bits per heavy atom. The topological polar surface area (TPSA) is 78.8 Å². The van der Waals surface area contributed by atoms with Gasteiger partial charge < -0.3 is 9.31 Å². The summed E-state index contributed by atoms with van der Waals surface area (Å²) in [6.45, 7) is 9.85. The smallest absolute Gasteiger partial charge is 0.399 e. The number of benzene rings is 2. The monoisotopic (exact) mass is 600 g/mol. The van der Waals surface area contributed by atoms with Crippen molar-refractivity contribution in [3.8, 4) is 11.1 Å². The molecule has 5 heterocycles. The summed E-state index contributed by atoms with van der Waals surface area (Å²) in [7, 11) is 3.51. The Bertz CT molecular complexity index is 1560. The van der Waals surface area contributed by atoms with E-state index in [0.29, 0.717) is 0 Å². The molecular formula is C30H34BBrN6O2. The first kappa shape index (κ1) is 28.2. The third kappa shape index (κ3) is 6.19. The standard InChI is InChI=1S/C12H11N3.C10H17BN2O2.C8H6BrN/c1-15-8-12(7-14-15)9-2-3-10-5-13-6-11(10)4-9;1-9(2)10(3,4)15-11(14-9)8-6-12-13(5)7-8;9-8-2-1-6-4-10-5-7(6)3-8/h2-4,6-8H,5H2,1H3;6-7H,1-5H3;1-3,5H,4H2. The van der Waals surface area contributed by atoms with Gasteiger partial charge >= 0.3 is 7.12 Å². The van der Waals surface area contributed by atoms with E-state index in [-0.39, 0.29) is 18.3 Å². The minimum Gasteiger partial charge on any atom is -0.399 e. The van der Waals surface area contributed by atoms with E-state index < -0.39 is 0 Å². The first-order valence-corrected chi connectivity index (χ1v) is 14.0. The molecule has 206 valence electrons. The molecule has 0 saturated carbocycles. The summed E-state index contributed by atoms with van der Waals surface area (Å²) >= 11 is 3.40. The van der Waals surface area contributed by atoms with E-state index in [2.05, 4.69) is 66.4 Å². The molecule has 8 nitrogen and oxygen atoms in total.